The van der Waals surface area contributed by atoms with Gasteiger partial charge in [0.2, 0.25) is 0 Å². The molecule has 2 aromatic carbocycles. The zero-order valence-electron chi connectivity index (χ0n) is 11.3. The molecule has 0 bridgehead atoms. The molecule has 0 aliphatic carbocycles. The molecule has 21 heavy (non-hydrogen) atoms. The lowest BCUT2D eigenvalue weighted by Crippen LogP contribution is -2.25. The third-order valence-electron chi connectivity index (χ3n) is 3.27. The summed E-state index contributed by atoms with van der Waals surface area (Å²) in [6, 6.07) is 11.7. The van der Waals surface area contributed by atoms with Crippen LogP contribution in [0.5, 0.6) is 0 Å². The van der Waals surface area contributed by atoms with Gasteiger partial charge in [0.05, 0.1) is 0 Å². The largest absolute Gasteiger partial charge is 0.352 e. The van der Waals surface area contributed by atoms with Gasteiger partial charge in [0.15, 0.2) is 0 Å². The van der Waals surface area contributed by atoms with Crippen molar-refractivity contribution in [3.63, 3.8) is 0 Å². The van der Waals surface area contributed by atoms with E-state index >= 15 is 0 Å². The maximum Gasteiger partial charge on any atom is 0.251 e. The van der Waals surface area contributed by atoms with Crippen LogP contribution in [0.3, 0.4) is 0 Å². The average Bonchev–Trinajstić information content (AvgIpc) is 3.00. The van der Waals surface area contributed by atoms with E-state index in [1.807, 2.05) is 36.4 Å². The summed E-state index contributed by atoms with van der Waals surface area (Å²) in [6.45, 7) is 0.560. The number of hydrogen-bond acceptors (Lipinski definition) is 2. The number of nitrogens with zero attached hydrogens (tertiary/aromatic N) is 1. The van der Waals surface area contributed by atoms with Crippen LogP contribution in [0.1, 0.15) is 16.2 Å². The standard InChI is InChI=1S/C16H14BrN3O/c17-14-4-3-11-9-13(2-1-12(11)10-14)16(21)20-6-5-15-18-7-8-19-15/h1-4,7-10H,5-6H2,(H,18,19)(H,20,21). The molecule has 1 heterocycles. The van der Waals surface area contributed by atoms with Crippen molar-refractivity contribution >= 4 is 32.6 Å². The van der Waals surface area contributed by atoms with Crippen LogP contribution in [0.15, 0.2) is 53.3 Å². The molecule has 3 aromatic rings. The fraction of sp³-hybridized carbons (Fsp3) is 0.125. The zero-order valence-corrected chi connectivity index (χ0v) is 12.9. The first-order chi connectivity index (χ1) is 10.2. The van der Waals surface area contributed by atoms with E-state index < -0.39 is 0 Å². The average molecular weight is 344 g/mol. The number of nitrogens with one attached hydrogen (secondary N) is 2. The lowest BCUT2D eigenvalue weighted by molar-refractivity contribution is 0.0954. The van der Waals surface area contributed by atoms with E-state index in [9.17, 15) is 4.79 Å². The van der Waals surface area contributed by atoms with Crippen molar-refractivity contribution in [3.8, 4) is 0 Å². The highest BCUT2D eigenvalue weighted by Crippen LogP contribution is 2.20. The van der Waals surface area contributed by atoms with Gasteiger partial charge in [-0.3, -0.25) is 4.79 Å². The van der Waals surface area contributed by atoms with Crippen molar-refractivity contribution in [2.45, 2.75) is 6.42 Å². The first-order valence-electron chi connectivity index (χ1n) is 6.68. The van der Waals surface area contributed by atoms with Crippen LogP contribution in [0.25, 0.3) is 10.8 Å². The molecule has 0 atom stereocenters. The SMILES string of the molecule is O=C(NCCc1ncc[nH]1)c1ccc2cc(Br)ccc2c1. The highest BCUT2D eigenvalue weighted by atomic mass is 79.9. The summed E-state index contributed by atoms with van der Waals surface area (Å²) in [5, 5.41) is 5.07. The van der Waals surface area contributed by atoms with E-state index in [0.717, 1.165) is 21.1 Å². The van der Waals surface area contributed by atoms with Crippen LogP contribution in [0.4, 0.5) is 0 Å². The minimum atomic E-state index is -0.0635. The molecule has 0 aliphatic heterocycles. The number of rotatable bonds is 4. The van der Waals surface area contributed by atoms with Crippen LogP contribution in [0.2, 0.25) is 0 Å². The van der Waals surface area contributed by atoms with Gasteiger partial charge in [0.1, 0.15) is 5.82 Å². The van der Waals surface area contributed by atoms with E-state index in [4.69, 9.17) is 0 Å². The number of carbonyl (C=O) groups excluding carboxylic acids is 1. The molecule has 0 saturated carbocycles. The van der Waals surface area contributed by atoms with E-state index in [1.165, 1.54) is 0 Å². The van der Waals surface area contributed by atoms with Crippen molar-refractivity contribution in [2.24, 2.45) is 0 Å². The number of H-pyrrole nitrogens is 1. The van der Waals surface area contributed by atoms with Gasteiger partial charge in [-0.15, -0.1) is 0 Å². The Kier molecular flexibility index (Phi) is 4.01. The maximum atomic E-state index is 12.1. The monoisotopic (exact) mass is 343 g/mol. The molecule has 1 amide bonds. The van der Waals surface area contributed by atoms with E-state index in [0.29, 0.717) is 18.5 Å². The van der Waals surface area contributed by atoms with E-state index in [-0.39, 0.29) is 5.91 Å². The molecule has 106 valence electrons. The van der Waals surface area contributed by atoms with Gasteiger partial charge in [-0.2, -0.15) is 0 Å². The van der Waals surface area contributed by atoms with Crippen molar-refractivity contribution in [1.29, 1.82) is 0 Å². The maximum absolute atomic E-state index is 12.1. The van der Waals surface area contributed by atoms with Crippen LogP contribution in [-0.4, -0.2) is 22.4 Å². The second-order valence-corrected chi connectivity index (χ2v) is 5.66. The molecule has 0 spiro atoms. The molecule has 4 nitrogen and oxygen atoms in total. The number of aromatic nitrogens is 2. The predicted molar refractivity (Wildman–Crippen MR) is 86.3 cm³/mol. The number of imidazole rings is 1. The summed E-state index contributed by atoms with van der Waals surface area (Å²) < 4.78 is 1.03. The summed E-state index contributed by atoms with van der Waals surface area (Å²) >= 11 is 3.44. The van der Waals surface area contributed by atoms with Gasteiger partial charge < -0.3 is 10.3 Å². The minimum absolute atomic E-state index is 0.0635. The number of carbonyl (C=O) groups is 1. The molecular weight excluding hydrogens is 330 g/mol. The third-order valence-corrected chi connectivity index (χ3v) is 3.76. The third kappa shape index (κ3) is 3.31. The van der Waals surface area contributed by atoms with Crippen LogP contribution < -0.4 is 5.32 Å². The van der Waals surface area contributed by atoms with Gasteiger partial charge >= 0.3 is 0 Å². The molecule has 0 radical (unpaired) electrons. The van der Waals surface area contributed by atoms with Gasteiger partial charge in [-0.1, -0.05) is 28.1 Å². The first-order valence-corrected chi connectivity index (χ1v) is 7.47. The van der Waals surface area contributed by atoms with Crippen LogP contribution in [-0.2, 0) is 6.42 Å². The first kappa shape index (κ1) is 13.8. The fourth-order valence-corrected chi connectivity index (χ4v) is 2.57. The van der Waals surface area contributed by atoms with Gasteiger partial charge in [-0.25, -0.2) is 4.98 Å². The lowest BCUT2D eigenvalue weighted by atomic mass is 10.1. The highest BCUT2D eigenvalue weighted by molar-refractivity contribution is 9.10. The molecule has 2 N–H and O–H groups in total. The Hall–Kier alpha value is -2.14. The molecule has 0 aliphatic rings. The number of benzene rings is 2. The summed E-state index contributed by atoms with van der Waals surface area (Å²) in [5.74, 6) is 0.810. The molecule has 5 heteroatoms. The molecule has 1 aromatic heterocycles. The summed E-state index contributed by atoms with van der Waals surface area (Å²) in [6.07, 6.45) is 4.18. The molecular formula is C16H14BrN3O. The van der Waals surface area contributed by atoms with E-state index in [2.05, 4.69) is 31.2 Å². The summed E-state index contributed by atoms with van der Waals surface area (Å²) in [7, 11) is 0. The highest BCUT2D eigenvalue weighted by Gasteiger charge is 2.06. The molecule has 0 unspecified atom stereocenters. The zero-order chi connectivity index (χ0) is 14.7. The Labute approximate surface area is 130 Å². The Morgan fingerprint density at radius 3 is 2.81 bits per heavy atom. The Bertz CT molecular complexity index is 768. The number of fused-ring (bicyclic) bond motifs is 1. The number of aromatic amines is 1. The summed E-state index contributed by atoms with van der Waals surface area (Å²) in [5.41, 5.74) is 0.671. The van der Waals surface area contributed by atoms with Crippen molar-refractivity contribution in [2.75, 3.05) is 6.54 Å². The fourth-order valence-electron chi connectivity index (χ4n) is 2.19. The van der Waals surface area contributed by atoms with Crippen LogP contribution >= 0.6 is 15.9 Å². The van der Waals surface area contributed by atoms with Gasteiger partial charge in [0, 0.05) is 35.4 Å². The molecule has 0 fully saturated rings. The second kappa shape index (κ2) is 6.10. The van der Waals surface area contributed by atoms with Crippen molar-refractivity contribution in [1.82, 2.24) is 15.3 Å². The van der Waals surface area contributed by atoms with Gasteiger partial charge in [-0.05, 0) is 35.0 Å². The Morgan fingerprint density at radius 2 is 2.00 bits per heavy atom. The minimum Gasteiger partial charge on any atom is -0.352 e. The normalized spacial score (nSPS) is 10.7. The smallest absolute Gasteiger partial charge is 0.251 e. The van der Waals surface area contributed by atoms with Crippen LogP contribution in [0, 0.1) is 0 Å². The topological polar surface area (TPSA) is 57.8 Å². The second-order valence-electron chi connectivity index (χ2n) is 4.75. The number of amides is 1. The Balaban J connectivity index is 1.68. The number of hydrogen-bond donors (Lipinski definition) is 2. The summed E-state index contributed by atoms with van der Waals surface area (Å²) in [4.78, 5) is 19.3. The van der Waals surface area contributed by atoms with Crippen molar-refractivity contribution < 1.29 is 4.79 Å². The molecule has 3 rings (SSSR count). The quantitative estimate of drug-likeness (QED) is 0.763. The molecule has 0 saturated heterocycles. The van der Waals surface area contributed by atoms with E-state index in [1.54, 1.807) is 12.4 Å². The lowest BCUT2D eigenvalue weighted by Gasteiger charge is -2.06. The Morgan fingerprint density at radius 1 is 1.19 bits per heavy atom. The van der Waals surface area contributed by atoms with Crippen molar-refractivity contribution in [3.05, 3.63) is 64.7 Å². The predicted octanol–water partition coefficient (Wildman–Crippen LogP) is 3.30. The number of halogens is 1. The van der Waals surface area contributed by atoms with Gasteiger partial charge in [0.25, 0.3) is 5.91 Å².